The quantitative estimate of drug-likeness (QED) is 0.622. The van der Waals surface area contributed by atoms with Crippen LogP contribution in [-0.4, -0.2) is 23.6 Å². The fourth-order valence-corrected chi connectivity index (χ4v) is 1.51. The van der Waals surface area contributed by atoms with Gasteiger partial charge in [-0.25, -0.2) is 0 Å². The van der Waals surface area contributed by atoms with Crippen LogP contribution >= 0.6 is 15.9 Å². The van der Waals surface area contributed by atoms with Gasteiger partial charge in [-0.2, -0.15) is 0 Å². The molecule has 0 aliphatic carbocycles. The van der Waals surface area contributed by atoms with Gasteiger partial charge in [0, 0.05) is 11.8 Å². The summed E-state index contributed by atoms with van der Waals surface area (Å²) in [6, 6.07) is 7.13. The van der Waals surface area contributed by atoms with Gasteiger partial charge >= 0.3 is 0 Å². The van der Waals surface area contributed by atoms with Gasteiger partial charge in [-0.05, 0) is 18.6 Å². The lowest BCUT2D eigenvalue weighted by atomic mass is 10.2. The number of hydrogen-bond acceptors (Lipinski definition) is 3. The average Bonchev–Trinajstić information content (AvgIpc) is 2.36. The number of Topliss-reactive ketones (excluding diaryl/α,β-unsaturated/α-hetero) is 1. The van der Waals surface area contributed by atoms with Crippen LogP contribution in [0, 0.1) is 0 Å². The average molecular weight is 314 g/mol. The number of ether oxygens (including phenoxy) is 1. The van der Waals surface area contributed by atoms with E-state index in [1.54, 1.807) is 18.2 Å². The van der Waals surface area contributed by atoms with E-state index in [1.165, 1.54) is 0 Å². The van der Waals surface area contributed by atoms with E-state index in [-0.39, 0.29) is 23.4 Å². The Bertz CT molecular complexity index is 420. The summed E-state index contributed by atoms with van der Waals surface area (Å²) in [6.07, 6.45) is 0.807. The van der Waals surface area contributed by atoms with Gasteiger partial charge in [-0.15, -0.1) is 0 Å². The van der Waals surface area contributed by atoms with E-state index in [9.17, 15) is 9.59 Å². The number of halogens is 1. The summed E-state index contributed by atoms with van der Waals surface area (Å²) in [7, 11) is 0. The lowest BCUT2D eigenvalue weighted by Crippen LogP contribution is -2.16. The second kappa shape index (κ2) is 7.87. The number of hydrogen-bond donors (Lipinski definition) is 1. The molecule has 1 rings (SSSR count). The summed E-state index contributed by atoms with van der Waals surface area (Å²) in [5.41, 5.74) is 0.635. The Morgan fingerprint density at radius 3 is 2.83 bits per heavy atom. The number of nitrogens with one attached hydrogen (secondary N) is 1. The predicted molar refractivity (Wildman–Crippen MR) is 74.3 cm³/mol. The molecular formula is C13H16BrNO3. The smallest absolute Gasteiger partial charge is 0.231 e. The van der Waals surface area contributed by atoms with E-state index in [0.717, 1.165) is 6.42 Å². The van der Waals surface area contributed by atoms with Crippen molar-refractivity contribution >= 4 is 33.3 Å². The van der Waals surface area contributed by atoms with Crippen molar-refractivity contribution in [2.45, 2.75) is 19.8 Å². The fraction of sp³-hybridized carbons (Fsp3) is 0.385. The molecule has 0 aromatic heterocycles. The number of rotatable bonds is 7. The van der Waals surface area contributed by atoms with Gasteiger partial charge in [0.1, 0.15) is 5.75 Å². The number of ketones is 1. The molecule has 1 aromatic carbocycles. The number of alkyl halides is 1. The van der Waals surface area contributed by atoms with Crippen LogP contribution in [-0.2, 0) is 9.59 Å². The van der Waals surface area contributed by atoms with Crippen molar-refractivity contribution in [1.82, 2.24) is 0 Å². The van der Waals surface area contributed by atoms with Crippen LogP contribution in [0.1, 0.15) is 19.8 Å². The Labute approximate surface area is 115 Å². The van der Waals surface area contributed by atoms with Crippen molar-refractivity contribution < 1.29 is 14.3 Å². The molecule has 1 amide bonds. The molecule has 0 atom stereocenters. The zero-order valence-corrected chi connectivity index (χ0v) is 11.8. The van der Waals surface area contributed by atoms with Crippen LogP contribution in [0.2, 0.25) is 0 Å². The van der Waals surface area contributed by atoms with Gasteiger partial charge in [0.2, 0.25) is 5.91 Å². The molecule has 0 unspecified atom stereocenters. The second-order valence-electron chi connectivity index (χ2n) is 3.77. The molecule has 0 heterocycles. The summed E-state index contributed by atoms with van der Waals surface area (Å²) < 4.78 is 5.45. The number of anilines is 1. The topological polar surface area (TPSA) is 55.4 Å². The summed E-state index contributed by atoms with van der Waals surface area (Å²) in [5, 5.41) is 2.86. The standard InChI is InChI=1S/C13H16BrNO3/c1-2-6-18-12-5-3-4-10(7-12)15-13(17)8-11(16)9-14/h3-5,7H,2,6,8-9H2,1H3,(H,15,17). The van der Waals surface area contributed by atoms with E-state index >= 15 is 0 Å². The summed E-state index contributed by atoms with van der Waals surface area (Å²) >= 11 is 3.02. The van der Waals surface area contributed by atoms with E-state index in [1.807, 2.05) is 13.0 Å². The minimum atomic E-state index is -0.313. The maximum atomic E-state index is 11.5. The SMILES string of the molecule is CCCOc1cccc(NC(=O)CC(=O)CBr)c1. The van der Waals surface area contributed by atoms with Crippen molar-refractivity contribution in [3.63, 3.8) is 0 Å². The Hall–Kier alpha value is -1.36. The zero-order valence-electron chi connectivity index (χ0n) is 10.2. The van der Waals surface area contributed by atoms with E-state index in [0.29, 0.717) is 18.0 Å². The van der Waals surface area contributed by atoms with Crippen LogP contribution in [0.4, 0.5) is 5.69 Å². The lowest BCUT2D eigenvalue weighted by Gasteiger charge is -2.08. The Morgan fingerprint density at radius 1 is 1.39 bits per heavy atom. The minimum absolute atomic E-state index is 0.120. The molecule has 0 aliphatic heterocycles. The fourth-order valence-electron chi connectivity index (χ4n) is 1.32. The summed E-state index contributed by atoms with van der Waals surface area (Å²) in [6.45, 7) is 2.66. The molecule has 98 valence electrons. The van der Waals surface area contributed by atoms with E-state index < -0.39 is 0 Å². The monoisotopic (exact) mass is 313 g/mol. The van der Waals surface area contributed by atoms with E-state index in [2.05, 4.69) is 21.2 Å². The first-order valence-electron chi connectivity index (χ1n) is 5.76. The molecule has 0 saturated carbocycles. The molecule has 1 aromatic rings. The van der Waals surface area contributed by atoms with Gasteiger partial charge in [0.25, 0.3) is 0 Å². The van der Waals surface area contributed by atoms with Gasteiger partial charge in [-0.3, -0.25) is 9.59 Å². The first-order valence-corrected chi connectivity index (χ1v) is 6.88. The van der Waals surface area contributed by atoms with Crippen molar-refractivity contribution in [2.24, 2.45) is 0 Å². The third kappa shape index (κ3) is 5.31. The number of carbonyl (C=O) groups is 2. The highest BCUT2D eigenvalue weighted by atomic mass is 79.9. The molecule has 0 saturated heterocycles. The van der Waals surface area contributed by atoms with Crippen molar-refractivity contribution in [2.75, 3.05) is 17.3 Å². The van der Waals surface area contributed by atoms with Crippen LogP contribution in [0.3, 0.4) is 0 Å². The molecule has 0 aliphatic rings. The molecule has 0 fully saturated rings. The first kappa shape index (κ1) is 14.7. The molecule has 0 radical (unpaired) electrons. The highest BCUT2D eigenvalue weighted by Crippen LogP contribution is 2.17. The summed E-state index contributed by atoms with van der Waals surface area (Å²) in [5.74, 6) is 0.249. The Morgan fingerprint density at radius 2 is 2.17 bits per heavy atom. The van der Waals surface area contributed by atoms with Crippen molar-refractivity contribution in [3.8, 4) is 5.75 Å². The van der Waals surface area contributed by atoms with Crippen LogP contribution in [0.5, 0.6) is 5.75 Å². The largest absolute Gasteiger partial charge is 0.494 e. The van der Waals surface area contributed by atoms with E-state index in [4.69, 9.17) is 4.74 Å². The minimum Gasteiger partial charge on any atom is -0.494 e. The molecule has 1 N–H and O–H groups in total. The number of benzene rings is 1. The van der Waals surface area contributed by atoms with Gasteiger partial charge in [-0.1, -0.05) is 28.9 Å². The van der Waals surface area contributed by atoms with Crippen molar-refractivity contribution in [3.05, 3.63) is 24.3 Å². The predicted octanol–water partition coefficient (Wildman–Crippen LogP) is 2.77. The van der Waals surface area contributed by atoms with Gasteiger partial charge in [0.05, 0.1) is 18.4 Å². The summed E-state index contributed by atoms with van der Waals surface area (Å²) in [4.78, 5) is 22.6. The first-order chi connectivity index (χ1) is 8.65. The molecular weight excluding hydrogens is 298 g/mol. The Kier molecular flexibility index (Phi) is 6.43. The Balaban J connectivity index is 2.56. The zero-order chi connectivity index (χ0) is 13.4. The van der Waals surface area contributed by atoms with Gasteiger partial charge in [0.15, 0.2) is 5.78 Å². The van der Waals surface area contributed by atoms with Crippen LogP contribution < -0.4 is 10.1 Å². The van der Waals surface area contributed by atoms with Gasteiger partial charge < -0.3 is 10.1 Å². The number of carbonyl (C=O) groups excluding carboxylic acids is 2. The molecule has 0 bridgehead atoms. The highest BCUT2D eigenvalue weighted by molar-refractivity contribution is 9.09. The lowest BCUT2D eigenvalue weighted by molar-refractivity contribution is -0.123. The molecule has 4 nitrogen and oxygen atoms in total. The van der Waals surface area contributed by atoms with Crippen molar-refractivity contribution in [1.29, 1.82) is 0 Å². The van der Waals surface area contributed by atoms with Crippen LogP contribution in [0.15, 0.2) is 24.3 Å². The molecule has 18 heavy (non-hydrogen) atoms. The highest BCUT2D eigenvalue weighted by Gasteiger charge is 2.08. The normalized spacial score (nSPS) is 9.89. The third-order valence-corrected chi connectivity index (χ3v) is 2.72. The number of amides is 1. The molecule has 5 heteroatoms. The maximum Gasteiger partial charge on any atom is 0.231 e. The molecule has 0 spiro atoms. The maximum absolute atomic E-state index is 11.5. The third-order valence-electron chi connectivity index (χ3n) is 2.10. The van der Waals surface area contributed by atoms with Crippen LogP contribution in [0.25, 0.3) is 0 Å². The second-order valence-corrected chi connectivity index (χ2v) is 4.33.